The third-order valence-electron chi connectivity index (χ3n) is 3.30. The first-order chi connectivity index (χ1) is 10.2. The molecule has 1 aromatic rings. The van der Waals surface area contributed by atoms with Crippen molar-refractivity contribution >= 4 is 5.97 Å². The Morgan fingerprint density at radius 2 is 2.00 bits per heavy atom. The molecule has 0 aromatic heterocycles. The van der Waals surface area contributed by atoms with Crippen molar-refractivity contribution in [3.63, 3.8) is 0 Å². The molecule has 2 rings (SSSR count). The Kier molecular flexibility index (Phi) is 5.83. The Labute approximate surface area is 124 Å². The van der Waals surface area contributed by atoms with Gasteiger partial charge in [-0.2, -0.15) is 0 Å². The minimum Gasteiger partial charge on any atom is -0.497 e. The smallest absolute Gasteiger partial charge is 0.319 e. The van der Waals surface area contributed by atoms with E-state index in [-0.39, 0.29) is 12.1 Å². The van der Waals surface area contributed by atoms with Crippen molar-refractivity contribution in [3.05, 3.63) is 24.3 Å². The van der Waals surface area contributed by atoms with Crippen LogP contribution in [0.3, 0.4) is 0 Å². The quantitative estimate of drug-likeness (QED) is 0.728. The molecule has 116 valence electrons. The van der Waals surface area contributed by atoms with Crippen LogP contribution >= 0.6 is 0 Å². The monoisotopic (exact) mass is 295 g/mol. The van der Waals surface area contributed by atoms with Gasteiger partial charge >= 0.3 is 5.97 Å². The fourth-order valence-electron chi connectivity index (χ4n) is 2.13. The number of ether oxygens (including phenoxy) is 4. The molecule has 1 aromatic carbocycles. The first-order valence-electron chi connectivity index (χ1n) is 6.89. The first kappa shape index (κ1) is 15.6. The molecule has 0 aliphatic carbocycles. The van der Waals surface area contributed by atoms with E-state index in [1.165, 1.54) is 7.11 Å². The van der Waals surface area contributed by atoms with E-state index in [0.717, 1.165) is 18.0 Å². The molecular formula is C15H21NO5. The zero-order valence-electron chi connectivity index (χ0n) is 12.4. The number of hydrogen-bond acceptors (Lipinski definition) is 6. The molecule has 1 fully saturated rings. The maximum absolute atomic E-state index is 11.3. The third-order valence-corrected chi connectivity index (χ3v) is 3.30. The molecule has 6 heteroatoms. The molecule has 6 nitrogen and oxygen atoms in total. The standard InChI is InChI=1S/C15H21NO5/c1-18-12-3-5-13(6-4-12)21-11-14-9-16(7-8-20-14)10-15(17)19-2/h3-6,14H,7-11H2,1-2H3. The average molecular weight is 295 g/mol. The summed E-state index contributed by atoms with van der Waals surface area (Å²) in [6.45, 7) is 2.72. The Bertz CT molecular complexity index is 448. The maximum Gasteiger partial charge on any atom is 0.319 e. The predicted octanol–water partition coefficient (Wildman–Crippen LogP) is 0.948. The number of methoxy groups -OCH3 is 2. The molecule has 1 aliphatic heterocycles. The fourth-order valence-corrected chi connectivity index (χ4v) is 2.13. The van der Waals surface area contributed by atoms with Gasteiger partial charge < -0.3 is 18.9 Å². The summed E-state index contributed by atoms with van der Waals surface area (Å²) in [5.74, 6) is 1.33. The van der Waals surface area contributed by atoms with E-state index in [1.807, 2.05) is 29.2 Å². The van der Waals surface area contributed by atoms with Crippen molar-refractivity contribution in [2.45, 2.75) is 6.10 Å². The summed E-state index contributed by atoms with van der Waals surface area (Å²) in [4.78, 5) is 13.3. The molecule has 0 N–H and O–H groups in total. The second kappa shape index (κ2) is 7.85. The van der Waals surface area contributed by atoms with Crippen LogP contribution in [0.15, 0.2) is 24.3 Å². The highest BCUT2D eigenvalue weighted by molar-refractivity contribution is 5.71. The number of carbonyl (C=O) groups is 1. The molecule has 1 atom stereocenters. The zero-order chi connectivity index (χ0) is 15.1. The average Bonchev–Trinajstić information content (AvgIpc) is 2.53. The lowest BCUT2D eigenvalue weighted by atomic mass is 10.3. The lowest BCUT2D eigenvalue weighted by molar-refractivity contribution is -0.144. The highest BCUT2D eigenvalue weighted by Gasteiger charge is 2.22. The van der Waals surface area contributed by atoms with E-state index in [9.17, 15) is 4.79 Å². The molecular weight excluding hydrogens is 274 g/mol. The van der Waals surface area contributed by atoms with Crippen molar-refractivity contribution < 1.29 is 23.7 Å². The predicted molar refractivity (Wildman–Crippen MR) is 76.7 cm³/mol. The van der Waals surface area contributed by atoms with Crippen LogP contribution in [-0.2, 0) is 14.3 Å². The van der Waals surface area contributed by atoms with Crippen molar-refractivity contribution in [3.8, 4) is 11.5 Å². The van der Waals surface area contributed by atoms with Crippen LogP contribution in [-0.4, -0.2) is 64.0 Å². The van der Waals surface area contributed by atoms with Crippen LogP contribution in [0.4, 0.5) is 0 Å². The topological polar surface area (TPSA) is 57.2 Å². The van der Waals surface area contributed by atoms with Gasteiger partial charge in [-0.25, -0.2) is 0 Å². The van der Waals surface area contributed by atoms with Crippen LogP contribution in [0.1, 0.15) is 0 Å². The van der Waals surface area contributed by atoms with E-state index in [0.29, 0.717) is 26.3 Å². The molecule has 0 spiro atoms. The van der Waals surface area contributed by atoms with Gasteiger partial charge in [-0.15, -0.1) is 0 Å². The van der Waals surface area contributed by atoms with Gasteiger partial charge in [0.1, 0.15) is 24.2 Å². The molecule has 0 radical (unpaired) electrons. The summed E-state index contributed by atoms with van der Waals surface area (Å²) in [5, 5.41) is 0. The van der Waals surface area contributed by atoms with Gasteiger partial charge in [0.2, 0.25) is 0 Å². The second-order valence-corrected chi connectivity index (χ2v) is 4.79. The lowest BCUT2D eigenvalue weighted by Gasteiger charge is -2.31. The van der Waals surface area contributed by atoms with Gasteiger partial charge in [-0.3, -0.25) is 9.69 Å². The van der Waals surface area contributed by atoms with Crippen LogP contribution in [0.5, 0.6) is 11.5 Å². The number of hydrogen-bond donors (Lipinski definition) is 0. The molecule has 0 amide bonds. The number of morpholine rings is 1. The van der Waals surface area contributed by atoms with E-state index in [4.69, 9.17) is 14.2 Å². The van der Waals surface area contributed by atoms with E-state index >= 15 is 0 Å². The van der Waals surface area contributed by atoms with Gasteiger partial charge in [0, 0.05) is 13.1 Å². The van der Waals surface area contributed by atoms with Crippen molar-refractivity contribution in [1.82, 2.24) is 4.90 Å². The second-order valence-electron chi connectivity index (χ2n) is 4.79. The Morgan fingerprint density at radius 3 is 2.67 bits per heavy atom. The minimum absolute atomic E-state index is 0.0505. The summed E-state index contributed by atoms with van der Waals surface area (Å²) in [5.41, 5.74) is 0. The Morgan fingerprint density at radius 1 is 1.29 bits per heavy atom. The van der Waals surface area contributed by atoms with Gasteiger partial charge in [0.25, 0.3) is 0 Å². The van der Waals surface area contributed by atoms with E-state index in [2.05, 4.69) is 4.74 Å². The SMILES string of the molecule is COC(=O)CN1CCOC(COc2ccc(OC)cc2)C1. The van der Waals surface area contributed by atoms with Crippen LogP contribution in [0.25, 0.3) is 0 Å². The summed E-state index contributed by atoms with van der Waals surface area (Å²) >= 11 is 0. The van der Waals surface area contributed by atoms with Gasteiger partial charge in [-0.1, -0.05) is 0 Å². The largest absolute Gasteiger partial charge is 0.497 e. The molecule has 21 heavy (non-hydrogen) atoms. The number of rotatable bonds is 6. The molecule has 0 saturated carbocycles. The molecule has 1 unspecified atom stereocenters. The van der Waals surface area contributed by atoms with Crippen molar-refractivity contribution in [2.24, 2.45) is 0 Å². The van der Waals surface area contributed by atoms with E-state index in [1.54, 1.807) is 7.11 Å². The summed E-state index contributed by atoms with van der Waals surface area (Å²) in [6, 6.07) is 7.41. The Balaban J connectivity index is 1.78. The number of carbonyl (C=O) groups excluding carboxylic acids is 1. The van der Waals surface area contributed by atoms with Crippen LogP contribution < -0.4 is 9.47 Å². The molecule has 1 heterocycles. The minimum atomic E-state index is -0.230. The van der Waals surface area contributed by atoms with E-state index < -0.39 is 0 Å². The summed E-state index contributed by atoms with van der Waals surface area (Å²) in [7, 11) is 3.02. The highest BCUT2D eigenvalue weighted by Crippen LogP contribution is 2.17. The third kappa shape index (κ3) is 4.91. The summed E-state index contributed by atoms with van der Waals surface area (Å²) in [6.07, 6.45) is -0.0505. The fraction of sp³-hybridized carbons (Fsp3) is 0.533. The Hall–Kier alpha value is -1.79. The van der Waals surface area contributed by atoms with Crippen molar-refractivity contribution in [2.75, 3.05) is 47.1 Å². The normalized spacial score (nSPS) is 19.0. The zero-order valence-corrected chi connectivity index (χ0v) is 12.4. The number of nitrogens with zero attached hydrogens (tertiary/aromatic N) is 1. The van der Waals surface area contributed by atoms with Crippen molar-refractivity contribution in [1.29, 1.82) is 0 Å². The molecule has 1 saturated heterocycles. The lowest BCUT2D eigenvalue weighted by Crippen LogP contribution is -2.46. The van der Waals surface area contributed by atoms with Crippen LogP contribution in [0, 0.1) is 0 Å². The van der Waals surface area contributed by atoms with Gasteiger partial charge in [0.15, 0.2) is 0 Å². The summed E-state index contributed by atoms with van der Waals surface area (Å²) < 4.78 is 21.1. The first-order valence-corrected chi connectivity index (χ1v) is 6.89. The number of esters is 1. The molecule has 0 bridgehead atoms. The van der Waals surface area contributed by atoms with Crippen LogP contribution in [0.2, 0.25) is 0 Å². The highest BCUT2D eigenvalue weighted by atomic mass is 16.5. The van der Waals surface area contributed by atoms with Gasteiger partial charge in [-0.05, 0) is 24.3 Å². The van der Waals surface area contributed by atoms with Gasteiger partial charge in [0.05, 0.1) is 27.4 Å². The molecule has 1 aliphatic rings. The maximum atomic E-state index is 11.3. The number of benzene rings is 1.